The predicted molar refractivity (Wildman–Crippen MR) is 71.9 cm³/mol. The Hall–Kier alpha value is -2.27. The molecule has 2 rings (SSSR count). The van der Waals surface area contributed by atoms with E-state index in [-0.39, 0.29) is 11.7 Å². The zero-order valence-electron chi connectivity index (χ0n) is 11.4. The van der Waals surface area contributed by atoms with Gasteiger partial charge in [-0.3, -0.25) is 15.0 Å². The summed E-state index contributed by atoms with van der Waals surface area (Å²) in [7, 11) is 0. The van der Waals surface area contributed by atoms with E-state index in [4.69, 9.17) is 5.26 Å². The summed E-state index contributed by atoms with van der Waals surface area (Å²) in [5.41, 5.74) is -0.764. The molecule has 1 saturated heterocycles. The number of halogens is 2. The van der Waals surface area contributed by atoms with E-state index >= 15 is 0 Å². The molecule has 1 aromatic carbocycles. The first-order valence-corrected chi connectivity index (χ1v) is 6.46. The summed E-state index contributed by atoms with van der Waals surface area (Å²) in [4.78, 5) is 13.6. The van der Waals surface area contributed by atoms with E-state index in [0.717, 1.165) is 6.07 Å². The van der Waals surface area contributed by atoms with Crippen LogP contribution in [-0.4, -0.2) is 42.0 Å². The maximum Gasteiger partial charge on any atom is 0.328 e. The minimum absolute atomic E-state index is 0.0539. The maximum atomic E-state index is 13.6. The Morgan fingerprint density at radius 3 is 2.48 bits per heavy atom. The lowest BCUT2D eigenvalue weighted by Crippen LogP contribution is -2.49. The van der Waals surface area contributed by atoms with Crippen LogP contribution in [0.1, 0.15) is 6.92 Å². The molecule has 8 heteroatoms. The highest BCUT2D eigenvalue weighted by Gasteiger charge is 2.29. The zero-order chi connectivity index (χ0) is 15.6. The molecule has 1 heterocycles. The molecular formula is C13H14F2N4O2. The fourth-order valence-corrected chi connectivity index (χ4v) is 2.41. The van der Waals surface area contributed by atoms with Crippen LogP contribution in [0.3, 0.4) is 0 Å². The normalized spacial score (nSPS) is 17.3. The molecule has 1 atom stereocenters. The van der Waals surface area contributed by atoms with E-state index in [0.29, 0.717) is 32.2 Å². The Morgan fingerprint density at radius 1 is 1.33 bits per heavy atom. The van der Waals surface area contributed by atoms with Crippen LogP contribution < -0.4 is 4.90 Å². The van der Waals surface area contributed by atoms with Crippen molar-refractivity contribution < 1.29 is 13.7 Å². The van der Waals surface area contributed by atoms with Crippen LogP contribution in [0.4, 0.5) is 20.2 Å². The van der Waals surface area contributed by atoms with Crippen LogP contribution in [0, 0.1) is 33.1 Å². The van der Waals surface area contributed by atoms with Gasteiger partial charge < -0.3 is 4.90 Å². The molecule has 1 fully saturated rings. The van der Waals surface area contributed by atoms with Gasteiger partial charge in [-0.2, -0.15) is 9.65 Å². The number of hydrogen-bond donors (Lipinski definition) is 0. The minimum atomic E-state index is -1.18. The topological polar surface area (TPSA) is 73.4 Å². The number of hydrogen-bond acceptors (Lipinski definition) is 5. The van der Waals surface area contributed by atoms with Crippen molar-refractivity contribution in [1.29, 1.82) is 5.26 Å². The number of nitriles is 1. The quantitative estimate of drug-likeness (QED) is 0.629. The molecule has 0 saturated carbocycles. The van der Waals surface area contributed by atoms with E-state index in [1.807, 2.05) is 4.90 Å². The minimum Gasteiger partial charge on any atom is -0.363 e. The summed E-state index contributed by atoms with van der Waals surface area (Å²) in [6.45, 7) is 3.51. The molecule has 1 unspecified atom stereocenters. The molecule has 0 amide bonds. The lowest BCUT2D eigenvalue weighted by Gasteiger charge is -2.36. The molecule has 1 aliphatic rings. The monoisotopic (exact) mass is 296 g/mol. The van der Waals surface area contributed by atoms with Crippen LogP contribution in [0.2, 0.25) is 0 Å². The Labute approximate surface area is 120 Å². The predicted octanol–water partition coefficient (Wildman–Crippen LogP) is 1.91. The van der Waals surface area contributed by atoms with Crippen molar-refractivity contribution >= 4 is 11.4 Å². The van der Waals surface area contributed by atoms with Gasteiger partial charge in [0.15, 0.2) is 0 Å². The SMILES string of the molecule is CC(C#N)N1CCN(c2cc(F)cc(F)c2[N+](=O)[O-])CC1. The van der Waals surface area contributed by atoms with Gasteiger partial charge in [-0.25, -0.2) is 4.39 Å². The fourth-order valence-electron chi connectivity index (χ4n) is 2.41. The number of nitro groups is 1. The number of nitrogens with zero attached hydrogens (tertiary/aromatic N) is 4. The van der Waals surface area contributed by atoms with Gasteiger partial charge in [-0.15, -0.1) is 0 Å². The molecule has 0 radical (unpaired) electrons. The second-order valence-corrected chi connectivity index (χ2v) is 4.84. The summed E-state index contributed by atoms with van der Waals surface area (Å²) in [6.07, 6.45) is 0. The van der Waals surface area contributed by atoms with E-state index in [1.165, 1.54) is 0 Å². The van der Waals surface area contributed by atoms with Crippen molar-refractivity contribution in [2.75, 3.05) is 31.1 Å². The summed E-state index contributed by atoms with van der Waals surface area (Å²) >= 11 is 0. The van der Waals surface area contributed by atoms with Gasteiger partial charge in [-0.1, -0.05) is 0 Å². The van der Waals surface area contributed by atoms with E-state index in [9.17, 15) is 18.9 Å². The first kappa shape index (κ1) is 15.1. The highest BCUT2D eigenvalue weighted by atomic mass is 19.1. The van der Waals surface area contributed by atoms with Crippen LogP contribution in [-0.2, 0) is 0 Å². The van der Waals surface area contributed by atoms with Crippen molar-refractivity contribution in [3.63, 3.8) is 0 Å². The number of rotatable bonds is 3. The van der Waals surface area contributed by atoms with Gasteiger partial charge >= 0.3 is 5.69 Å². The van der Waals surface area contributed by atoms with Crippen molar-refractivity contribution in [1.82, 2.24) is 4.90 Å². The summed E-state index contributed by atoms with van der Waals surface area (Å²) in [5, 5.41) is 19.8. The third kappa shape index (κ3) is 3.08. The lowest BCUT2D eigenvalue weighted by molar-refractivity contribution is -0.386. The largest absolute Gasteiger partial charge is 0.363 e. The molecule has 0 N–H and O–H groups in total. The Kier molecular flexibility index (Phi) is 4.33. The van der Waals surface area contributed by atoms with Crippen LogP contribution >= 0.6 is 0 Å². The van der Waals surface area contributed by atoms with Crippen LogP contribution in [0.25, 0.3) is 0 Å². The summed E-state index contributed by atoms with van der Waals surface area (Å²) in [5.74, 6) is -2.02. The molecule has 1 aliphatic heterocycles. The van der Waals surface area contributed by atoms with Crippen molar-refractivity contribution in [3.8, 4) is 6.07 Å². The molecule has 21 heavy (non-hydrogen) atoms. The average Bonchev–Trinajstić information content (AvgIpc) is 2.45. The third-order valence-corrected chi connectivity index (χ3v) is 3.58. The average molecular weight is 296 g/mol. The Balaban J connectivity index is 2.25. The van der Waals surface area contributed by atoms with Gasteiger partial charge in [0.2, 0.25) is 5.82 Å². The highest BCUT2D eigenvalue weighted by molar-refractivity contribution is 5.64. The standard InChI is InChI=1S/C13H14F2N4O2/c1-9(8-16)17-2-4-18(5-3-17)12-7-10(14)6-11(15)13(12)19(20)21/h6-7,9H,2-5H2,1H3. The smallest absolute Gasteiger partial charge is 0.328 e. The number of nitro benzene ring substituents is 1. The van der Waals surface area contributed by atoms with Crippen molar-refractivity contribution in [2.45, 2.75) is 13.0 Å². The molecule has 0 spiro atoms. The first-order valence-electron chi connectivity index (χ1n) is 6.46. The van der Waals surface area contributed by atoms with Crippen molar-refractivity contribution in [2.24, 2.45) is 0 Å². The Morgan fingerprint density at radius 2 is 1.95 bits per heavy atom. The van der Waals surface area contributed by atoms with Crippen LogP contribution in [0.5, 0.6) is 0 Å². The molecule has 1 aromatic rings. The van der Waals surface area contributed by atoms with Gasteiger partial charge in [0.1, 0.15) is 11.5 Å². The van der Waals surface area contributed by atoms with Gasteiger partial charge in [0, 0.05) is 38.3 Å². The number of benzene rings is 1. The van der Waals surface area contributed by atoms with Crippen LogP contribution in [0.15, 0.2) is 12.1 Å². The number of piperazine rings is 1. The van der Waals surface area contributed by atoms with E-state index in [1.54, 1.807) is 11.8 Å². The second kappa shape index (κ2) is 6.01. The third-order valence-electron chi connectivity index (χ3n) is 3.58. The molecular weight excluding hydrogens is 282 g/mol. The molecule has 0 aromatic heterocycles. The first-order chi connectivity index (χ1) is 9.93. The molecule has 0 bridgehead atoms. The lowest BCUT2D eigenvalue weighted by atomic mass is 10.2. The zero-order valence-corrected chi connectivity index (χ0v) is 11.4. The highest BCUT2D eigenvalue weighted by Crippen LogP contribution is 2.32. The molecule has 6 nitrogen and oxygen atoms in total. The second-order valence-electron chi connectivity index (χ2n) is 4.84. The van der Waals surface area contributed by atoms with Gasteiger partial charge in [-0.05, 0) is 6.92 Å². The Bertz CT molecular complexity index is 595. The van der Waals surface area contributed by atoms with Gasteiger partial charge in [0.05, 0.1) is 17.0 Å². The number of anilines is 1. The molecule has 0 aliphatic carbocycles. The van der Waals surface area contributed by atoms with Crippen molar-refractivity contribution in [3.05, 3.63) is 33.9 Å². The molecule has 112 valence electrons. The maximum absolute atomic E-state index is 13.6. The van der Waals surface area contributed by atoms with Gasteiger partial charge in [0.25, 0.3) is 0 Å². The van der Waals surface area contributed by atoms with E-state index < -0.39 is 22.2 Å². The fraction of sp³-hybridized carbons (Fsp3) is 0.462. The summed E-state index contributed by atoms with van der Waals surface area (Å²) < 4.78 is 27.0. The summed E-state index contributed by atoms with van der Waals surface area (Å²) in [6, 6.07) is 3.34. The van der Waals surface area contributed by atoms with E-state index in [2.05, 4.69) is 6.07 Å².